The molecule has 1 aliphatic carbocycles. The second-order valence-corrected chi connectivity index (χ2v) is 9.47. The highest BCUT2D eigenvalue weighted by molar-refractivity contribution is 5.98. The second-order valence-electron chi connectivity index (χ2n) is 9.47. The average molecular weight is 468 g/mol. The molecule has 2 aliphatic rings. The second kappa shape index (κ2) is 10.5. The van der Waals surface area contributed by atoms with Crippen LogP contribution in [-0.4, -0.2) is 49.5 Å². The molecular formula is C27H33NO6. The van der Waals surface area contributed by atoms with Gasteiger partial charge in [-0.25, -0.2) is 4.79 Å². The number of hydrogen-bond donors (Lipinski definition) is 2. The third-order valence-corrected chi connectivity index (χ3v) is 7.02. The molecule has 0 aromatic heterocycles. The Morgan fingerprint density at radius 3 is 2.53 bits per heavy atom. The van der Waals surface area contributed by atoms with Gasteiger partial charge in [0.1, 0.15) is 5.54 Å². The Kier molecular flexibility index (Phi) is 7.41. The van der Waals surface area contributed by atoms with Crippen molar-refractivity contribution >= 4 is 11.9 Å². The Hall–Kier alpha value is -3.06. The minimum absolute atomic E-state index is 0.349. The molecule has 1 saturated heterocycles. The molecule has 0 atom stereocenters. The minimum Gasteiger partial charge on any atom is -0.493 e. The lowest BCUT2D eigenvalue weighted by atomic mass is 9.77. The van der Waals surface area contributed by atoms with Gasteiger partial charge < -0.3 is 24.6 Å². The number of carboxylic acid groups (broad SMARTS) is 1. The van der Waals surface area contributed by atoms with Gasteiger partial charge in [0, 0.05) is 17.9 Å². The number of carbonyl (C=O) groups excluding carboxylic acids is 1. The first-order valence-corrected chi connectivity index (χ1v) is 11.9. The molecule has 2 aromatic carbocycles. The van der Waals surface area contributed by atoms with Crippen molar-refractivity contribution in [2.24, 2.45) is 5.92 Å². The lowest BCUT2D eigenvalue weighted by Crippen LogP contribution is -2.56. The Morgan fingerprint density at radius 1 is 1.12 bits per heavy atom. The highest BCUT2D eigenvalue weighted by Gasteiger charge is 2.42. The molecule has 7 nitrogen and oxygen atoms in total. The van der Waals surface area contributed by atoms with E-state index in [1.54, 1.807) is 25.3 Å². The highest BCUT2D eigenvalue weighted by atomic mass is 16.5. The predicted molar refractivity (Wildman–Crippen MR) is 128 cm³/mol. The van der Waals surface area contributed by atoms with Gasteiger partial charge in [-0.2, -0.15) is 0 Å². The number of carboxylic acids is 1. The zero-order valence-corrected chi connectivity index (χ0v) is 19.8. The lowest BCUT2D eigenvalue weighted by Gasteiger charge is -2.36. The van der Waals surface area contributed by atoms with E-state index in [0.717, 1.165) is 26.1 Å². The summed E-state index contributed by atoms with van der Waals surface area (Å²) >= 11 is 0. The summed E-state index contributed by atoms with van der Waals surface area (Å²) in [7, 11) is 1.55. The van der Waals surface area contributed by atoms with Crippen LogP contribution in [-0.2, 0) is 16.0 Å². The average Bonchev–Trinajstić information content (AvgIpc) is 2.79. The summed E-state index contributed by atoms with van der Waals surface area (Å²) in [5.41, 5.74) is 1.58. The fourth-order valence-corrected chi connectivity index (χ4v) is 4.58. The van der Waals surface area contributed by atoms with E-state index in [1.807, 2.05) is 0 Å². The van der Waals surface area contributed by atoms with E-state index in [1.165, 1.54) is 11.1 Å². The zero-order valence-electron chi connectivity index (χ0n) is 19.8. The predicted octanol–water partition coefficient (Wildman–Crippen LogP) is 4.19. The molecule has 0 unspecified atom stereocenters. The molecule has 2 N–H and O–H groups in total. The molecule has 2 fully saturated rings. The van der Waals surface area contributed by atoms with Crippen LogP contribution < -0.4 is 14.8 Å². The van der Waals surface area contributed by atoms with Crippen LogP contribution in [0.1, 0.15) is 60.0 Å². The molecule has 0 spiro atoms. The van der Waals surface area contributed by atoms with Crippen molar-refractivity contribution in [3.05, 3.63) is 59.2 Å². The van der Waals surface area contributed by atoms with Gasteiger partial charge in [0.25, 0.3) is 5.91 Å². The topological polar surface area (TPSA) is 94.1 Å². The number of benzene rings is 2. The first kappa shape index (κ1) is 24.1. The quantitative estimate of drug-likeness (QED) is 0.574. The molecule has 1 saturated carbocycles. The van der Waals surface area contributed by atoms with Gasteiger partial charge in [0.15, 0.2) is 11.5 Å². The summed E-state index contributed by atoms with van der Waals surface area (Å²) in [4.78, 5) is 25.0. The third-order valence-electron chi connectivity index (χ3n) is 7.02. The van der Waals surface area contributed by atoms with E-state index in [0.29, 0.717) is 54.8 Å². The number of hydrogen-bond acceptors (Lipinski definition) is 5. The van der Waals surface area contributed by atoms with Crippen LogP contribution in [0.5, 0.6) is 11.5 Å². The summed E-state index contributed by atoms with van der Waals surface area (Å²) < 4.78 is 16.7. The van der Waals surface area contributed by atoms with Crippen molar-refractivity contribution in [3.63, 3.8) is 0 Å². The number of ether oxygens (including phenoxy) is 3. The van der Waals surface area contributed by atoms with Crippen molar-refractivity contribution < 1.29 is 28.9 Å². The van der Waals surface area contributed by atoms with Crippen molar-refractivity contribution in [1.82, 2.24) is 5.32 Å². The van der Waals surface area contributed by atoms with Crippen molar-refractivity contribution in [1.29, 1.82) is 0 Å². The Labute approximate surface area is 200 Å². The Balaban J connectivity index is 1.42. The van der Waals surface area contributed by atoms with Gasteiger partial charge in [0.05, 0.1) is 26.9 Å². The standard InChI is InChI=1S/C27H33NO6/c1-18-8-11-27(12-9-18,26(30)31)28-25(29)21-6-7-23(32-2)24(15-21)34-13-10-19-4-3-5-20(14-19)22-16-33-17-22/h3-7,14-15,18,22H,8-13,16-17H2,1-2H3,(H,28,29)(H,30,31)/t18-,27-. The van der Waals surface area contributed by atoms with Crippen molar-refractivity contribution in [2.75, 3.05) is 26.9 Å². The fourth-order valence-electron chi connectivity index (χ4n) is 4.58. The maximum Gasteiger partial charge on any atom is 0.329 e. The molecule has 34 heavy (non-hydrogen) atoms. The normalized spacial score (nSPS) is 22.5. The van der Waals surface area contributed by atoms with E-state index in [9.17, 15) is 14.7 Å². The molecule has 1 heterocycles. The Bertz CT molecular complexity index is 1020. The van der Waals surface area contributed by atoms with Gasteiger partial charge in [-0.3, -0.25) is 4.79 Å². The summed E-state index contributed by atoms with van der Waals surface area (Å²) in [5, 5.41) is 12.6. The van der Waals surface area contributed by atoms with Crippen LogP contribution in [0, 0.1) is 5.92 Å². The van der Waals surface area contributed by atoms with Gasteiger partial charge in [0.2, 0.25) is 0 Å². The molecule has 182 valence electrons. The van der Waals surface area contributed by atoms with E-state index in [-0.39, 0.29) is 0 Å². The zero-order chi connectivity index (χ0) is 24.1. The van der Waals surface area contributed by atoms with Gasteiger partial charge >= 0.3 is 5.97 Å². The SMILES string of the molecule is COc1ccc(C(=O)N[C@]2(C(=O)O)CC[C@@H](C)CC2)cc1OCCc1cccc(C2COC2)c1. The number of amides is 1. The first-order valence-electron chi connectivity index (χ1n) is 11.9. The van der Waals surface area contributed by atoms with Crippen LogP contribution in [0.2, 0.25) is 0 Å². The third kappa shape index (κ3) is 5.36. The largest absolute Gasteiger partial charge is 0.493 e. The van der Waals surface area contributed by atoms with Crippen LogP contribution in [0.15, 0.2) is 42.5 Å². The van der Waals surface area contributed by atoms with Crippen molar-refractivity contribution in [3.8, 4) is 11.5 Å². The molecule has 7 heteroatoms. The molecule has 0 radical (unpaired) electrons. The van der Waals surface area contributed by atoms with Gasteiger partial charge in [-0.05, 0) is 60.9 Å². The molecular weight excluding hydrogens is 434 g/mol. The number of rotatable bonds is 9. The van der Waals surface area contributed by atoms with Crippen molar-refractivity contribution in [2.45, 2.75) is 50.5 Å². The van der Waals surface area contributed by atoms with Gasteiger partial charge in [-0.15, -0.1) is 0 Å². The minimum atomic E-state index is -1.22. The van der Waals surface area contributed by atoms with E-state index in [2.05, 4.69) is 36.5 Å². The molecule has 1 aliphatic heterocycles. The van der Waals surface area contributed by atoms with Gasteiger partial charge in [-0.1, -0.05) is 31.2 Å². The summed E-state index contributed by atoms with van der Waals surface area (Å²) in [6.45, 7) is 4.07. The monoisotopic (exact) mass is 467 g/mol. The smallest absolute Gasteiger partial charge is 0.329 e. The van der Waals surface area contributed by atoms with Crippen LogP contribution in [0.4, 0.5) is 0 Å². The number of carbonyl (C=O) groups is 2. The molecule has 0 bridgehead atoms. The summed E-state index contributed by atoms with van der Waals surface area (Å²) in [6.07, 6.45) is 3.12. The van der Waals surface area contributed by atoms with E-state index in [4.69, 9.17) is 14.2 Å². The Morgan fingerprint density at radius 2 is 1.88 bits per heavy atom. The van der Waals surface area contributed by atoms with Crippen LogP contribution in [0.25, 0.3) is 0 Å². The van der Waals surface area contributed by atoms with E-state index < -0.39 is 17.4 Å². The maximum absolute atomic E-state index is 13.0. The van der Waals surface area contributed by atoms with E-state index >= 15 is 0 Å². The molecule has 1 amide bonds. The van der Waals surface area contributed by atoms with Crippen LogP contribution >= 0.6 is 0 Å². The number of nitrogens with one attached hydrogen (secondary N) is 1. The lowest BCUT2D eigenvalue weighted by molar-refractivity contribution is -0.146. The fraction of sp³-hybridized carbons (Fsp3) is 0.481. The summed E-state index contributed by atoms with van der Waals surface area (Å²) in [5.74, 6) is 0.524. The first-order chi connectivity index (χ1) is 16.4. The number of aliphatic carboxylic acids is 1. The molecule has 2 aromatic rings. The van der Waals surface area contributed by atoms with Crippen LogP contribution in [0.3, 0.4) is 0 Å². The number of methoxy groups -OCH3 is 1. The maximum atomic E-state index is 13.0. The molecule has 4 rings (SSSR count). The summed E-state index contributed by atoms with van der Waals surface area (Å²) in [6, 6.07) is 13.4. The highest BCUT2D eigenvalue weighted by Crippen LogP contribution is 2.33.